The molecule has 1 heterocycles. The smallest absolute Gasteiger partial charge is 0.264 e. The third-order valence-corrected chi connectivity index (χ3v) is 4.15. The van der Waals surface area contributed by atoms with E-state index in [4.69, 9.17) is 27.0 Å². The normalized spacial score (nSPS) is 15.5. The van der Waals surface area contributed by atoms with Gasteiger partial charge in [0.25, 0.3) is 15.0 Å². The Labute approximate surface area is 107 Å². The number of hydrogen-bond donors (Lipinski definition) is 0. The van der Waals surface area contributed by atoms with Crippen LogP contribution in [0.1, 0.15) is 0 Å². The molecule has 17 heavy (non-hydrogen) atoms. The standard InChI is InChI=1S/C9H7Cl2NO4S/c1-12-6-2-5(10)8(17(11,14)15)3-7(6)16-4-9(12)13/h2-3H,4H2,1H3. The van der Waals surface area contributed by atoms with Crippen LogP contribution in [0.2, 0.25) is 5.02 Å². The molecule has 0 unspecified atom stereocenters. The van der Waals surface area contributed by atoms with Crippen LogP contribution in [-0.2, 0) is 13.8 Å². The van der Waals surface area contributed by atoms with Crippen molar-refractivity contribution in [1.82, 2.24) is 0 Å². The van der Waals surface area contributed by atoms with Gasteiger partial charge in [-0.25, -0.2) is 8.42 Å². The lowest BCUT2D eigenvalue weighted by Gasteiger charge is -2.26. The third-order valence-electron chi connectivity index (χ3n) is 2.36. The highest BCUT2D eigenvalue weighted by molar-refractivity contribution is 8.13. The number of halogens is 2. The Hall–Kier alpha value is -0.980. The van der Waals surface area contributed by atoms with E-state index < -0.39 is 9.05 Å². The van der Waals surface area contributed by atoms with Gasteiger partial charge in [0.1, 0.15) is 10.6 Å². The number of likely N-dealkylation sites (N-methyl/N-ethyl adjacent to an activating group) is 1. The van der Waals surface area contributed by atoms with Gasteiger partial charge in [0.05, 0.1) is 10.7 Å². The van der Waals surface area contributed by atoms with Gasteiger partial charge in [-0.2, -0.15) is 0 Å². The highest BCUT2D eigenvalue weighted by Gasteiger charge is 2.26. The van der Waals surface area contributed by atoms with Gasteiger partial charge in [-0.15, -0.1) is 0 Å². The maximum Gasteiger partial charge on any atom is 0.264 e. The Morgan fingerprint density at radius 1 is 1.41 bits per heavy atom. The monoisotopic (exact) mass is 295 g/mol. The van der Waals surface area contributed by atoms with Crippen LogP contribution < -0.4 is 9.64 Å². The quantitative estimate of drug-likeness (QED) is 0.739. The number of rotatable bonds is 1. The van der Waals surface area contributed by atoms with Crippen LogP contribution in [0.3, 0.4) is 0 Å². The molecule has 0 aromatic heterocycles. The average Bonchev–Trinajstić information content (AvgIpc) is 2.22. The minimum absolute atomic E-state index is 0.0519. The highest BCUT2D eigenvalue weighted by atomic mass is 35.7. The van der Waals surface area contributed by atoms with Gasteiger partial charge in [0.15, 0.2) is 6.61 Å². The fourth-order valence-electron chi connectivity index (χ4n) is 1.46. The fraction of sp³-hybridized carbons (Fsp3) is 0.222. The molecule has 0 spiro atoms. The van der Waals surface area contributed by atoms with E-state index in [9.17, 15) is 13.2 Å². The number of amides is 1. The summed E-state index contributed by atoms with van der Waals surface area (Å²) in [6.45, 7) is -0.146. The number of ether oxygens (including phenoxy) is 1. The molecule has 1 aromatic carbocycles. The van der Waals surface area contributed by atoms with Crippen molar-refractivity contribution in [2.75, 3.05) is 18.6 Å². The molecule has 1 aliphatic rings. The molecule has 0 saturated carbocycles. The Balaban J connectivity index is 2.64. The maximum absolute atomic E-state index is 11.4. The first-order valence-corrected chi connectivity index (χ1v) is 7.17. The van der Waals surface area contributed by atoms with E-state index in [1.807, 2.05) is 0 Å². The van der Waals surface area contributed by atoms with Crippen LogP contribution in [0, 0.1) is 0 Å². The molecule has 0 atom stereocenters. The zero-order valence-corrected chi connectivity index (χ0v) is 10.9. The van der Waals surface area contributed by atoms with Gasteiger partial charge in [-0.1, -0.05) is 11.6 Å². The average molecular weight is 296 g/mol. The van der Waals surface area contributed by atoms with Crippen molar-refractivity contribution in [3.63, 3.8) is 0 Å². The maximum atomic E-state index is 11.4. The zero-order chi connectivity index (χ0) is 12.8. The summed E-state index contributed by atoms with van der Waals surface area (Å²) >= 11 is 5.80. The molecule has 1 aliphatic heterocycles. The number of benzene rings is 1. The molecule has 1 amide bonds. The molecule has 8 heteroatoms. The van der Waals surface area contributed by atoms with Crippen molar-refractivity contribution < 1.29 is 17.9 Å². The second kappa shape index (κ2) is 4.04. The molecule has 0 aliphatic carbocycles. The van der Waals surface area contributed by atoms with Crippen LogP contribution in [0.15, 0.2) is 17.0 Å². The summed E-state index contributed by atoms with van der Waals surface area (Å²) in [5, 5.41) is -0.0519. The van der Waals surface area contributed by atoms with Crippen molar-refractivity contribution in [3.05, 3.63) is 17.2 Å². The van der Waals surface area contributed by atoms with E-state index >= 15 is 0 Å². The highest BCUT2D eigenvalue weighted by Crippen LogP contribution is 2.38. The largest absolute Gasteiger partial charge is 0.482 e. The van der Waals surface area contributed by atoms with Crippen LogP contribution in [0.25, 0.3) is 0 Å². The van der Waals surface area contributed by atoms with Crippen molar-refractivity contribution in [3.8, 4) is 5.75 Å². The number of fused-ring (bicyclic) bond motifs is 1. The minimum Gasteiger partial charge on any atom is -0.482 e. The molecule has 0 bridgehead atoms. The van der Waals surface area contributed by atoms with Gasteiger partial charge in [-0.05, 0) is 6.07 Å². The van der Waals surface area contributed by atoms with Gasteiger partial charge in [-0.3, -0.25) is 4.79 Å². The van der Waals surface area contributed by atoms with Crippen LogP contribution >= 0.6 is 22.3 Å². The second-order valence-corrected chi connectivity index (χ2v) is 6.37. The lowest BCUT2D eigenvalue weighted by molar-refractivity contribution is -0.120. The summed E-state index contributed by atoms with van der Waals surface area (Å²) in [4.78, 5) is 12.5. The molecule has 0 N–H and O–H groups in total. The molecule has 92 valence electrons. The lowest BCUT2D eigenvalue weighted by Crippen LogP contribution is -2.35. The molecule has 2 rings (SSSR count). The lowest BCUT2D eigenvalue weighted by atomic mass is 10.2. The zero-order valence-electron chi connectivity index (χ0n) is 8.61. The van der Waals surface area contributed by atoms with E-state index in [0.717, 1.165) is 0 Å². The van der Waals surface area contributed by atoms with Crippen LogP contribution in [0.4, 0.5) is 5.69 Å². The predicted octanol–water partition coefficient (Wildman–Crippen LogP) is 1.62. The van der Waals surface area contributed by atoms with Crippen molar-refractivity contribution >= 4 is 42.9 Å². The number of carbonyl (C=O) groups excluding carboxylic acids is 1. The Kier molecular flexibility index (Phi) is 2.97. The topological polar surface area (TPSA) is 63.7 Å². The van der Waals surface area contributed by atoms with Gasteiger partial charge >= 0.3 is 0 Å². The van der Waals surface area contributed by atoms with Gasteiger partial charge in [0.2, 0.25) is 0 Å². The molecule has 1 aromatic rings. The summed E-state index contributed by atoms with van der Waals surface area (Å²) < 4.78 is 27.6. The van der Waals surface area contributed by atoms with Gasteiger partial charge < -0.3 is 9.64 Å². The minimum atomic E-state index is -3.94. The molecule has 5 nitrogen and oxygen atoms in total. The van der Waals surface area contributed by atoms with E-state index in [2.05, 4.69) is 0 Å². The first-order valence-electron chi connectivity index (χ1n) is 4.48. The van der Waals surface area contributed by atoms with E-state index in [-0.39, 0.29) is 28.2 Å². The van der Waals surface area contributed by atoms with E-state index in [1.54, 1.807) is 7.05 Å². The Morgan fingerprint density at radius 2 is 2.06 bits per heavy atom. The number of nitrogens with zero attached hydrogens (tertiary/aromatic N) is 1. The number of carbonyl (C=O) groups is 1. The fourth-order valence-corrected chi connectivity index (χ4v) is 2.96. The Bertz CT molecular complexity index is 599. The first kappa shape index (κ1) is 12.5. The summed E-state index contributed by atoms with van der Waals surface area (Å²) in [7, 11) is 2.83. The summed E-state index contributed by atoms with van der Waals surface area (Å²) in [5.74, 6) is 0.0192. The Morgan fingerprint density at radius 3 is 2.65 bits per heavy atom. The molecule has 0 radical (unpaired) electrons. The molecule has 0 fully saturated rings. The predicted molar refractivity (Wildman–Crippen MR) is 63.4 cm³/mol. The van der Waals surface area contributed by atoms with Crippen molar-refractivity contribution in [1.29, 1.82) is 0 Å². The number of hydrogen-bond acceptors (Lipinski definition) is 4. The molecular formula is C9H7Cl2NO4S. The van der Waals surface area contributed by atoms with Gasteiger partial charge in [0, 0.05) is 23.8 Å². The summed E-state index contributed by atoms with van der Waals surface area (Å²) in [6, 6.07) is 2.55. The molecular weight excluding hydrogens is 289 g/mol. The van der Waals surface area contributed by atoms with E-state index in [0.29, 0.717) is 5.69 Å². The third kappa shape index (κ3) is 2.20. The van der Waals surface area contributed by atoms with Crippen molar-refractivity contribution in [2.45, 2.75) is 4.90 Å². The first-order chi connectivity index (χ1) is 7.80. The van der Waals surface area contributed by atoms with Crippen LogP contribution in [-0.4, -0.2) is 28.0 Å². The summed E-state index contributed by atoms with van der Waals surface area (Å²) in [6.07, 6.45) is 0. The van der Waals surface area contributed by atoms with E-state index in [1.165, 1.54) is 17.0 Å². The summed E-state index contributed by atoms with van der Waals surface area (Å²) in [5.41, 5.74) is 0.412. The SMILES string of the molecule is CN1C(=O)COc2cc(S(=O)(=O)Cl)c(Cl)cc21. The van der Waals surface area contributed by atoms with Crippen molar-refractivity contribution in [2.24, 2.45) is 0 Å². The number of anilines is 1. The molecule has 0 saturated heterocycles. The second-order valence-electron chi connectivity index (χ2n) is 3.43. The van der Waals surface area contributed by atoms with Crippen LogP contribution in [0.5, 0.6) is 5.75 Å².